The maximum atomic E-state index is 11.6. The fourth-order valence-electron chi connectivity index (χ4n) is 2.86. The van der Waals surface area contributed by atoms with Crippen LogP contribution in [0, 0.1) is 0 Å². The molecule has 1 aliphatic heterocycles. The topological polar surface area (TPSA) is 108 Å². The summed E-state index contributed by atoms with van der Waals surface area (Å²) in [7, 11) is 0. The number of nitrogens with one attached hydrogen (secondary N) is 1. The van der Waals surface area contributed by atoms with Crippen LogP contribution >= 0.6 is 11.3 Å². The number of thiazole rings is 1. The van der Waals surface area contributed by atoms with Crippen molar-refractivity contribution >= 4 is 29.1 Å². The number of rotatable bonds is 5. The Morgan fingerprint density at radius 3 is 2.93 bits per heavy atom. The minimum Gasteiger partial charge on any atom is -0.508 e. The summed E-state index contributed by atoms with van der Waals surface area (Å²) in [4.78, 5) is 16.8. The Balaban J connectivity index is 1.79. The van der Waals surface area contributed by atoms with Crippen LogP contribution in [-0.4, -0.2) is 40.2 Å². The van der Waals surface area contributed by atoms with E-state index in [4.69, 9.17) is 4.74 Å². The van der Waals surface area contributed by atoms with Gasteiger partial charge in [0, 0.05) is 22.6 Å². The van der Waals surface area contributed by atoms with Crippen LogP contribution in [0.1, 0.15) is 5.56 Å². The monoisotopic (exact) mass is 422 g/mol. The fraction of sp³-hybridized carbons (Fsp3) is 0.0952. The largest absolute Gasteiger partial charge is 0.508 e. The third kappa shape index (κ3) is 3.96. The first-order valence-corrected chi connectivity index (χ1v) is 9.88. The number of fused-ring (bicyclic) bond motifs is 1. The molecular weight excluding hydrogens is 404 g/mol. The maximum absolute atomic E-state index is 11.6. The molecule has 1 aliphatic rings. The lowest BCUT2D eigenvalue weighted by molar-refractivity contribution is -0.118. The van der Waals surface area contributed by atoms with E-state index in [1.807, 2.05) is 17.5 Å². The number of phenolic OH excluding ortho intramolecular Hbond substituents is 2. The summed E-state index contributed by atoms with van der Waals surface area (Å²) in [6.45, 7) is 4.11. The molecule has 0 saturated heterocycles. The van der Waals surface area contributed by atoms with Crippen molar-refractivity contribution in [2.45, 2.75) is 0 Å². The molecule has 9 heteroatoms. The summed E-state index contributed by atoms with van der Waals surface area (Å²) in [6, 6.07) is 9.76. The van der Waals surface area contributed by atoms with Gasteiger partial charge in [-0.1, -0.05) is 6.08 Å². The number of aromatic nitrogens is 1. The standard InChI is InChI=1S/C21H18N4O4S/c1-2-7-22-21-25(23-10-14-3-5-15(26)9-18(14)27)17(12-30-21)13-4-6-19-16(8-13)24-20(28)11-29-19/h2-6,8-10,12,26-27H,1,7,11H2,(H,24,28). The van der Waals surface area contributed by atoms with Crippen LogP contribution < -0.4 is 14.9 Å². The molecular formula is C21H18N4O4S. The zero-order valence-corrected chi connectivity index (χ0v) is 16.6. The van der Waals surface area contributed by atoms with Gasteiger partial charge in [-0.25, -0.2) is 4.68 Å². The second kappa shape index (κ2) is 8.26. The SMILES string of the molecule is C=CCN=c1scc(-c2ccc3c(c2)NC(=O)CO3)n1N=Cc1ccc(O)cc1O. The van der Waals surface area contributed by atoms with Gasteiger partial charge < -0.3 is 20.3 Å². The first kappa shape index (κ1) is 19.5. The Morgan fingerprint density at radius 2 is 2.13 bits per heavy atom. The second-order valence-corrected chi connectivity index (χ2v) is 7.22. The van der Waals surface area contributed by atoms with Crippen molar-refractivity contribution in [1.29, 1.82) is 0 Å². The van der Waals surface area contributed by atoms with Gasteiger partial charge in [0.25, 0.3) is 5.91 Å². The van der Waals surface area contributed by atoms with Crippen LogP contribution in [0.4, 0.5) is 5.69 Å². The van der Waals surface area contributed by atoms with Crippen molar-refractivity contribution in [3.63, 3.8) is 0 Å². The summed E-state index contributed by atoms with van der Waals surface area (Å²) in [5, 5.41) is 28.7. The van der Waals surface area contributed by atoms with Gasteiger partial charge in [-0.15, -0.1) is 17.9 Å². The molecule has 2 heterocycles. The molecule has 3 N–H and O–H groups in total. The van der Waals surface area contributed by atoms with E-state index in [9.17, 15) is 15.0 Å². The van der Waals surface area contributed by atoms with E-state index in [2.05, 4.69) is 22.0 Å². The molecule has 0 spiro atoms. The van der Waals surface area contributed by atoms with Gasteiger partial charge in [0.2, 0.25) is 4.80 Å². The molecule has 8 nitrogen and oxygen atoms in total. The van der Waals surface area contributed by atoms with E-state index in [1.54, 1.807) is 22.9 Å². The summed E-state index contributed by atoms with van der Waals surface area (Å²) in [5.74, 6) is 0.275. The molecule has 0 bridgehead atoms. The number of carbonyl (C=O) groups is 1. The van der Waals surface area contributed by atoms with Crippen molar-refractivity contribution in [3.05, 3.63) is 64.8 Å². The lowest BCUT2D eigenvalue weighted by atomic mass is 10.1. The van der Waals surface area contributed by atoms with Gasteiger partial charge in [0.15, 0.2) is 6.61 Å². The molecule has 0 saturated carbocycles. The van der Waals surface area contributed by atoms with E-state index in [1.165, 1.54) is 29.7 Å². The molecule has 0 radical (unpaired) electrons. The normalized spacial score (nSPS) is 13.7. The van der Waals surface area contributed by atoms with Gasteiger partial charge in [0.1, 0.15) is 17.2 Å². The van der Waals surface area contributed by atoms with E-state index >= 15 is 0 Å². The van der Waals surface area contributed by atoms with Crippen LogP contribution in [0.5, 0.6) is 17.2 Å². The minimum absolute atomic E-state index is 0.00417. The number of benzene rings is 2. The lowest BCUT2D eigenvalue weighted by Crippen LogP contribution is -2.25. The Morgan fingerprint density at radius 1 is 1.27 bits per heavy atom. The number of hydrogen-bond acceptors (Lipinski definition) is 7. The van der Waals surface area contributed by atoms with Crippen molar-refractivity contribution in [3.8, 4) is 28.5 Å². The van der Waals surface area contributed by atoms with Crippen LogP contribution in [0.2, 0.25) is 0 Å². The quantitative estimate of drug-likeness (QED) is 0.434. The van der Waals surface area contributed by atoms with Gasteiger partial charge in [-0.2, -0.15) is 5.10 Å². The van der Waals surface area contributed by atoms with Gasteiger partial charge in [-0.3, -0.25) is 9.79 Å². The summed E-state index contributed by atoms with van der Waals surface area (Å²) in [6.07, 6.45) is 3.17. The number of carbonyl (C=O) groups excluding carboxylic acids is 1. The average molecular weight is 422 g/mol. The van der Waals surface area contributed by atoms with Crippen molar-refractivity contribution in [2.24, 2.45) is 10.1 Å². The van der Waals surface area contributed by atoms with E-state index < -0.39 is 0 Å². The highest BCUT2D eigenvalue weighted by Crippen LogP contribution is 2.33. The van der Waals surface area contributed by atoms with Crippen LogP contribution in [0.3, 0.4) is 0 Å². The first-order valence-electron chi connectivity index (χ1n) is 9.00. The Labute approximate surface area is 175 Å². The Bertz CT molecular complexity index is 1230. The van der Waals surface area contributed by atoms with E-state index in [-0.39, 0.29) is 24.0 Å². The van der Waals surface area contributed by atoms with Crippen LogP contribution in [0.15, 0.2) is 64.5 Å². The van der Waals surface area contributed by atoms with Crippen LogP contribution in [0.25, 0.3) is 11.3 Å². The highest BCUT2D eigenvalue weighted by molar-refractivity contribution is 7.07. The lowest BCUT2D eigenvalue weighted by Gasteiger charge is -2.18. The zero-order chi connectivity index (χ0) is 21.1. The summed E-state index contributed by atoms with van der Waals surface area (Å²) >= 11 is 1.40. The summed E-state index contributed by atoms with van der Waals surface area (Å²) < 4.78 is 7.07. The van der Waals surface area contributed by atoms with Gasteiger partial charge in [-0.05, 0) is 30.3 Å². The van der Waals surface area contributed by atoms with Crippen LogP contribution in [-0.2, 0) is 4.79 Å². The predicted molar refractivity (Wildman–Crippen MR) is 115 cm³/mol. The second-order valence-electron chi connectivity index (χ2n) is 6.38. The number of aromatic hydroxyl groups is 2. The predicted octanol–water partition coefficient (Wildman–Crippen LogP) is 2.93. The van der Waals surface area contributed by atoms with Crippen molar-refractivity contribution in [2.75, 3.05) is 18.5 Å². The highest BCUT2D eigenvalue weighted by Gasteiger charge is 2.17. The molecule has 0 fully saturated rings. The molecule has 0 aliphatic carbocycles. The molecule has 2 aromatic carbocycles. The fourth-order valence-corrected chi connectivity index (χ4v) is 3.71. The van der Waals surface area contributed by atoms with Crippen molar-refractivity contribution < 1.29 is 19.7 Å². The number of ether oxygens (including phenoxy) is 1. The molecule has 0 atom stereocenters. The molecule has 1 aromatic heterocycles. The minimum atomic E-state index is -0.208. The molecule has 30 heavy (non-hydrogen) atoms. The van der Waals surface area contributed by atoms with E-state index in [0.29, 0.717) is 28.3 Å². The summed E-state index contributed by atoms with van der Waals surface area (Å²) in [5.41, 5.74) is 2.59. The number of amides is 1. The molecule has 152 valence electrons. The smallest absolute Gasteiger partial charge is 0.262 e. The molecule has 3 aromatic rings. The maximum Gasteiger partial charge on any atom is 0.262 e. The molecule has 1 amide bonds. The number of anilines is 1. The zero-order valence-electron chi connectivity index (χ0n) is 15.8. The molecule has 0 unspecified atom stereocenters. The highest BCUT2D eigenvalue weighted by atomic mass is 32.1. The van der Waals surface area contributed by atoms with Crippen molar-refractivity contribution in [1.82, 2.24) is 4.68 Å². The molecule has 4 rings (SSSR count). The average Bonchev–Trinajstić information content (AvgIpc) is 3.13. The third-order valence-electron chi connectivity index (χ3n) is 4.28. The Hall–Kier alpha value is -3.85. The number of phenols is 2. The number of hydrogen-bond donors (Lipinski definition) is 3. The Kier molecular flexibility index (Phi) is 5.36. The van der Waals surface area contributed by atoms with E-state index in [0.717, 1.165) is 11.3 Å². The van der Waals surface area contributed by atoms with Gasteiger partial charge >= 0.3 is 0 Å². The first-order chi connectivity index (χ1) is 14.5. The third-order valence-corrected chi connectivity index (χ3v) is 5.13. The number of nitrogens with zero attached hydrogens (tertiary/aromatic N) is 3. The van der Waals surface area contributed by atoms with Gasteiger partial charge in [0.05, 0.1) is 24.1 Å².